The van der Waals surface area contributed by atoms with E-state index in [9.17, 15) is 0 Å². The number of halogens is 1. The zero-order valence-electron chi connectivity index (χ0n) is 7.72. The molecule has 0 aromatic carbocycles. The summed E-state index contributed by atoms with van der Waals surface area (Å²) in [4.78, 5) is 1.44. The summed E-state index contributed by atoms with van der Waals surface area (Å²) in [5, 5.41) is 0. The first kappa shape index (κ1) is 9.69. The molecule has 1 atom stereocenters. The molecule has 1 aromatic heterocycles. The highest BCUT2D eigenvalue weighted by molar-refractivity contribution is 9.11. The average molecular weight is 260 g/mol. The molecule has 1 saturated carbocycles. The van der Waals surface area contributed by atoms with Gasteiger partial charge in [0.15, 0.2) is 0 Å². The van der Waals surface area contributed by atoms with Crippen LogP contribution < -0.4 is 5.73 Å². The minimum atomic E-state index is 0.124. The molecule has 1 aliphatic carbocycles. The van der Waals surface area contributed by atoms with Gasteiger partial charge in [-0.15, -0.1) is 11.3 Å². The molecule has 1 aromatic rings. The molecule has 13 heavy (non-hydrogen) atoms. The highest BCUT2D eigenvalue weighted by atomic mass is 79.9. The molecule has 72 valence electrons. The van der Waals surface area contributed by atoms with Gasteiger partial charge in [0.05, 0.1) is 3.79 Å². The van der Waals surface area contributed by atoms with E-state index in [0.29, 0.717) is 5.92 Å². The van der Waals surface area contributed by atoms with Crippen LogP contribution in [0.15, 0.2) is 15.9 Å². The van der Waals surface area contributed by atoms with Gasteiger partial charge in [-0.25, -0.2) is 0 Å². The maximum atomic E-state index is 6.23. The topological polar surface area (TPSA) is 26.0 Å². The van der Waals surface area contributed by atoms with E-state index in [2.05, 4.69) is 35.0 Å². The molecule has 1 unspecified atom stereocenters. The van der Waals surface area contributed by atoms with Crippen LogP contribution in [0.1, 0.15) is 37.0 Å². The van der Waals surface area contributed by atoms with Crippen LogP contribution in [0.5, 0.6) is 0 Å². The van der Waals surface area contributed by atoms with E-state index < -0.39 is 0 Å². The number of rotatable bonds is 3. The first-order chi connectivity index (χ1) is 6.15. The summed E-state index contributed by atoms with van der Waals surface area (Å²) in [5.74, 6) is 0.573. The molecular formula is C10H14BrNS. The second kappa shape index (κ2) is 3.37. The molecule has 1 aliphatic rings. The first-order valence-corrected chi connectivity index (χ1v) is 6.31. The summed E-state index contributed by atoms with van der Waals surface area (Å²) >= 11 is 5.32. The van der Waals surface area contributed by atoms with E-state index in [0.717, 1.165) is 6.42 Å². The predicted octanol–water partition coefficient (Wildman–Crippen LogP) is 3.50. The smallest absolute Gasteiger partial charge is 0.0701 e. The molecule has 2 N–H and O–H groups in total. The minimum Gasteiger partial charge on any atom is -0.325 e. The van der Waals surface area contributed by atoms with E-state index in [1.54, 1.807) is 0 Å². The summed E-state index contributed by atoms with van der Waals surface area (Å²) in [6.45, 7) is 2.23. The molecule has 0 amide bonds. The highest BCUT2D eigenvalue weighted by Gasteiger charge is 2.45. The quantitative estimate of drug-likeness (QED) is 0.884. The van der Waals surface area contributed by atoms with Gasteiger partial charge in [-0.1, -0.05) is 6.92 Å². The monoisotopic (exact) mass is 259 g/mol. The van der Waals surface area contributed by atoms with Crippen molar-refractivity contribution < 1.29 is 0 Å². The van der Waals surface area contributed by atoms with Crippen molar-refractivity contribution in [2.45, 2.75) is 37.6 Å². The normalized spacial score (nSPS) is 21.5. The third kappa shape index (κ3) is 1.83. The molecule has 0 saturated heterocycles. The van der Waals surface area contributed by atoms with E-state index in [1.165, 1.54) is 21.5 Å². The third-order valence-corrected chi connectivity index (χ3v) is 4.60. The lowest BCUT2D eigenvalue weighted by molar-refractivity contribution is 0.512. The van der Waals surface area contributed by atoms with E-state index in [-0.39, 0.29) is 5.54 Å². The Balaban J connectivity index is 2.22. The van der Waals surface area contributed by atoms with Crippen molar-refractivity contribution in [2.24, 2.45) is 5.73 Å². The van der Waals surface area contributed by atoms with Crippen molar-refractivity contribution in [2.75, 3.05) is 0 Å². The lowest BCUT2D eigenvalue weighted by atomic mass is 9.94. The van der Waals surface area contributed by atoms with Crippen LogP contribution in [0, 0.1) is 0 Å². The maximum Gasteiger partial charge on any atom is 0.0701 e. The zero-order chi connectivity index (χ0) is 9.47. The SMILES string of the molecule is CCC(c1ccc(Br)s1)C1(N)CC1. The second-order valence-electron chi connectivity index (χ2n) is 3.84. The molecular weight excluding hydrogens is 246 g/mol. The standard InChI is InChI=1S/C10H14BrNS/c1-2-7(10(12)5-6-10)8-3-4-9(11)13-8/h3-4,7H,2,5-6,12H2,1H3. The molecule has 0 bridgehead atoms. The van der Waals surface area contributed by atoms with Crippen molar-refractivity contribution in [3.63, 3.8) is 0 Å². The fourth-order valence-corrected chi connectivity index (χ4v) is 3.63. The first-order valence-electron chi connectivity index (χ1n) is 4.70. The predicted molar refractivity (Wildman–Crippen MR) is 61.2 cm³/mol. The third-order valence-electron chi connectivity index (χ3n) is 2.87. The van der Waals surface area contributed by atoms with Gasteiger partial charge < -0.3 is 5.73 Å². The van der Waals surface area contributed by atoms with Crippen molar-refractivity contribution in [1.29, 1.82) is 0 Å². The zero-order valence-corrected chi connectivity index (χ0v) is 10.1. The van der Waals surface area contributed by atoms with Gasteiger partial charge in [-0.3, -0.25) is 0 Å². The Morgan fingerprint density at radius 2 is 2.31 bits per heavy atom. The van der Waals surface area contributed by atoms with E-state index in [1.807, 2.05) is 11.3 Å². The van der Waals surface area contributed by atoms with Crippen molar-refractivity contribution in [3.05, 3.63) is 20.8 Å². The summed E-state index contributed by atoms with van der Waals surface area (Å²) in [7, 11) is 0. The number of hydrogen-bond donors (Lipinski definition) is 1. The molecule has 1 heterocycles. The Kier molecular flexibility index (Phi) is 2.51. The average Bonchev–Trinajstić information content (AvgIpc) is 2.67. The Labute approximate surface area is 91.5 Å². The van der Waals surface area contributed by atoms with Crippen LogP contribution in [-0.2, 0) is 0 Å². The Morgan fingerprint density at radius 3 is 2.69 bits per heavy atom. The summed E-state index contributed by atoms with van der Waals surface area (Å²) in [5.41, 5.74) is 6.36. The lowest BCUT2D eigenvalue weighted by Crippen LogP contribution is -2.29. The van der Waals surface area contributed by atoms with Crippen molar-refractivity contribution in [3.8, 4) is 0 Å². The van der Waals surface area contributed by atoms with Gasteiger partial charge in [-0.05, 0) is 47.3 Å². The van der Waals surface area contributed by atoms with Gasteiger partial charge in [0.2, 0.25) is 0 Å². The molecule has 3 heteroatoms. The fourth-order valence-electron chi connectivity index (χ4n) is 1.90. The summed E-state index contributed by atoms with van der Waals surface area (Å²) in [6, 6.07) is 4.32. The Hall–Kier alpha value is 0.140. The van der Waals surface area contributed by atoms with Crippen LogP contribution in [0.3, 0.4) is 0 Å². The van der Waals surface area contributed by atoms with Crippen molar-refractivity contribution >= 4 is 27.3 Å². The molecule has 0 aliphatic heterocycles. The molecule has 1 nitrogen and oxygen atoms in total. The van der Waals surface area contributed by atoms with Crippen LogP contribution in [-0.4, -0.2) is 5.54 Å². The number of nitrogens with two attached hydrogens (primary N) is 1. The Morgan fingerprint density at radius 1 is 1.62 bits per heavy atom. The second-order valence-corrected chi connectivity index (χ2v) is 6.33. The van der Waals surface area contributed by atoms with Gasteiger partial charge in [-0.2, -0.15) is 0 Å². The number of hydrogen-bond acceptors (Lipinski definition) is 2. The summed E-state index contributed by atoms with van der Waals surface area (Å²) < 4.78 is 1.21. The summed E-state index contributed by atoms with van der Waals surface area (Å²) in [6.07, 6.45) is 3.55. The van der Waals surface area contributed by atoms with Gasteiger partial charge >= 0.3 is 0 Å². The fraction of sp³-hybridized carbons (Fsp3) is 0.600. The van der Waals surface area contributed by atoms with Crippen LogP contribution in [0.2, 0.25) is 0 Å². The van der Waals surface area contributed by atoms with E-state index >= 15 is 0 Å². The van der Waals surface area contributed by atoms with Crippen LogP contribution in [0.25, 0.3) is 0 Å². The van der Waals surface area contributed by atoms with Gasteiger partial charge in [0.25, 0.3) is 0 Å². The Bertz CT molecular complexity index is 304. The van der Waals surface area contributed by atoms with Gasteiger partial charge in [0.1, 0.15) is 0 Å². The van der Waals surface area contributed by atoms with Gasteiger partial charge in [0, 0.05) is 16.3 Å². The van der Waals surface area contributed by atoms with Crippen molar-refractivity contribution in [1.82, 2.24) is 0 Å². The minimum absolute atomic E-state index is 0.124. The largest absolute Gasteiger partial charge is 0.325 e. The van der Waals surface area contributed by atoms with E-state index in [4.69, 9.17) is 5.73 Å². The maximum absolute atomic E-state index is 6.23. The molecule has 1 fully saturated rings. The van der Waals surface area contributed by atoms with Crippen LogP contribution in [0.4, 0.5) is 0 Å². The number of thiophene rings is 1. The lowest BCUT2D eigenvalue weighted by Gasteiger charge is -2.20. The molecule has 0 radical (unpaired) electrons. The molecule has 0 spiro atoms. The van der Waals surface area contributed by atoms with Crippen LogP contribution >= 0.6 is 27.3 Å². The molecule has 2 rings (SSSR count). The highest BCUT2D eigenvalue weighted by Crippen LogP contribution is 2.48.